The highest BCUT2D eigenvalue weighted by atomic mass is 16.1. The fourth-order valence-electron chi connectivity index (χ4n) is 2.69. The molecule has 0 bridgehead atoms. The van der Waals surface area contributed by atoms with Crippen molar-refractivity contribution in [2.75, 3.05) is 0 Å². The highest BCUT2D eigenvalue weighted by Crippen LogP contribution is 2.38. The molecule has 1 saturated carbocycles. The Bertz CT molecular complexity index is 379. The lowest BCUT2D eigenvalue weighted by Gasteiger charge is -2.28. The molecule has 0 aromatic carbocycles. The van der Waals surface area contributed by atoms with E-state index in [0.717, 1.165) is 31.4 Å². The predicted octanol–water partition coefficient (Wildman–Crippen LogP) is 2.23. The molecule has 0 amide bonds. The average Bonchev–Trinajstić information content (AvgIpc) is 2.59. The van der Waals surface area contributed by atoms with Gasteiger partial charge in [0.2, 0.25) is 0 Å². The Balaban J connectivity index is 1.97. The molecule has 1 unspecified atom stereocenters. The number of hydrogen-bond donors (Lipinski definition) is 0. The number of imidazole rings is 1. The molecule has 2 heterocycles. The van der Waals surface area contributed by atoms with Gasteiger partial charge < -0.3 is 9.36 Å². The number of carbonyl (C=O) groups excluding carboxylic acids is 1. The van der Waals surface area contributed by atoms with Crippen molar-refractivity contribution in [3.63, 3.8) is 0 Å². The van der Waals surface area contributed by atoms with Crippen LogP contribution in [0.5, 0.6) is 0 Å². The Morgan fingerprint density at radius 2 is 2.20 bits per heavy atom. The lowest BCUT2D eigenvalue weighted by Crippen LogP contribution is -2.21. The lowest BCUT2D eigenvalue weighted by molar-refractivity contribution is -0.109. The van der Waals surface area contributed by atoms with Crippen molar-refractivity contribution in [3.8, 4) is 0 Å². The largest absolute Gasteiger partial charge is 0.331 e. The van der Waals surface area contributed by atoms with Gasteiger partial charge in [0.15, 0.2) is 0 Å². The van der Waals surface area contributed by atoms with E-state index in [0.29, 0.717) is 5.92 Å². The summed E-state index contributed by atoms with van der Waals surface area (Å²) in [5.74, 6) is 2.01. The van der Waals surface area contributed by atoms with Gasteiger partial charge in [-0.25, -0.2) is 4.98 Å². The lowest BCUT2D eigenvalue weighted by atomic mass is 9.84. The van der Waals surface area contributed by atoms with Crippen LogP contribution in [-0.2, 0) is 11.3 Å². The molecule has 0 N–H and O–H groups in total. The van der Waals surface area contributed by atoms with E-state index in [1.54, 1.807) is 0 Å². The molecule has 1 aliphatic heterocycles. The van der Waals surface area contributed by atoms with Crippen molar-refractivity contribution in [2.24, 2.45) is 0 Å². The second kappa shape index (κ2) is 3.47. The van der Waals surface area contributed by atoms with Gasteiger partial charge in [0.25, 0.3) is 0 Å². The average molecular weight is 204 g/mol. The van der Waals surface area contributed by atoms with Crippen LogP contribution in [0, 0.1) is 0 Å². The molecule has 1 atom stereocenters. The van der Waals surface area contributed by atoms with Gasteiger partial charge >= 0.3 is 0 Å². The first-order valence-electron chi connectivity index (χ1n) is 5.91. The number of carbonyl (C=O) groups is 1. The molecule has 1 fully saturated rings. The zero-order valence-electron chi connectivity index (χ0n) is 8.85. The van der Waals surface area contributed by atoms with E-state index in [4.69, 9.17) is 0 Å². The molecule has 15 heavy (non-hydrogen) atoms. The fourth-order valence-corrected chi connectivity index (χ4v) is 2.69. The number of rotatable bonds is 2. The number of hydrogen-bond acceptors (Lipinski definition) is 2. The number of nitrogens with zero attached hydrogens (tertiary/aromatic N) is 2. The van der Waals surface area contributed by atoms with Crippen LogP contribution >= 0.6 is 0 Å². The van der Waals surface area contributed by atoms with E-state index < -0.39 is 0 Å². The van der Waals surface area contributed by atoms with Crippen LogP contribution in [-0.4, -0.2) is 15.8 Å². The molecular weight excluding hydrogens is 188 g/mol. The fraction of sp³-hybridized carbons (Fsp3) is 0.667. The molecule has 3 nitrogen and oxygen atoms in total. The van der Waals surface area contributed by atoms with Gasteiger partial charge in [-0.2, -0.15) is 0 Å². The van der Waals surface area contributed by atoms with Crippen molar-refractivity contribution in [3.05, 3.63) is 17.7 Å². The van der Waals surface area contributed by atoms with Crippen molar-refractivity contribution < 1.29 is 4.79 Å². The van der Waals surface area contributed by atoms with Gasteiger partial charge in [0, 0.05) is 24.4 Å². The first-order chi connectivity index (χ1) is 7.40. The van der Waals surface area contributed by atoms with Gasteiger partial charge in [0.05, 0.1) is 5.92 Å². The number of aromatic nitrogens is 2. The summed E-state index contributed by atoms with van der Waals surface area (Å²) in [5, 5.41) is 0. The van der Waals surface area contributed by atoms with E-state index in [9.17, 15) is 4.79 Å². The van der Waals surface area contributed by atoms with Crippen molar-refractivity contribution in [2.45, 2.75) is 50.5 Å². The summed E-state index contributed by atoms with van der Waals surface area (Å²) >= 11 is 0. The maximum absolute atomic E-state index is 10.9. The van der Waals surface area contributed by atoms with E-state index in [-0.39, 0.29) is 5.92 Å². The van der Waals surface area contributed by atoms with Crippen LogP contribution in [0.4, 0.5) is 0 Å². The molecule has 1 aromatic rings. The molecule has 1 aliphatic carbocycles. The van der Waals surface area contributed by atoms with Gasteiger partial charge in [-0.15, -0.1) is 0 Å². The molecule has 3 rings (SSSR count). The summed E-state index contributed by atoms with van der Waals surface area (Å²) in [5.41, 5.74) is 1.15. The third-order valence-corrected chi connectivity index (χ3v) is 3.83. The van der Waals surface area contributed by atoms with E-state index in [2.05, 4.69) is 9.55 Å². The second-order valence-corrected chi connectivity index (χ2v) is 4.71. The molecule has 3 heteroatoms. The second-order valence-electron chi connectivity index (χ2n) is 4.71. The number of fused-ring (bicyclic) bond motifs is 1. The maximum atomic E-state index is 10.9. The Morgan fingerprint density at radius 1 is 1.33 bits per heavy atom. The quantitative estimate of drug-likeness (QED) is 0.692. The van der Waals surface area contributed by atoms with Crippen LogP contribution < -0.4 is 0 Å². The van der Waals surface area contributed by atoms with E-state index in [1.165, 1.54) is 25.1 Å². The molecule has 80 valence electrons. The highest BCUT2D eigenvalue weighted by molar-refractivity contribution is 5.61. The molecule has 1 aromatic heterocycles. The smallest absolute Gasteiger partial charge is 0.129 e. The Kier molecular flexibility index (Phi) is 2.11. The highest BCUT2D eigenvalue weighted by Gasteiger charge is 2.29. The minimum atomic E-state index is 0.0973. The molecule has 2 aliphatic rings. The van der Waals surface area contributed by atoms with Crippen molar-refractivity contribution in [1.29, 1.82) is 0 Å². The number of aldehydes is 1. The summed E-state index contributed by atoms with van der Waals surface area (Å²) in [7, 11) is 0. The molecule has 0 spiro atoms. The van der Waals surface area contributed by atoms with Gasteiger partial charge in [0.1, 0.15) is 12.1 Å². The SMILES string of the molecule is O=CC1CCCn2c1cnc2C1CCC1. The van der Waals surface area contributed by atoms with Gasteiger partial charge in [-0.1, -0.05) is 6.42 Å². The third kappa shape index (κ3) is 1.33. The van der Waals surface area contributed by atoms with Crippen LogP contribution in [0.1, 0.15) is 55.5 Å². The normalized spacial score (nSPS) is 25.7. The first kappa shape index (κ1) is 9.13. The third-order valence-electron chi connectivity index (χ3n) is 3.83. The summed E-state index contributed by atoms with van der Waals surface area (Å²) in [6.45, 7) is 1.06. The van der Waals surface area contributed by atoms with Crippen LogP contribution in [0.3, 0.4) is 0 Å². The Morgan fingerprint density at radius 3 is 2.87 bits per heavy atom. The summed E-state index contributed by atoms with van der Waals surface area (Å²) < 4.78 is 2.30. The van der Waals surface area contributed by atoms with Gasteiger partial charge in [-0.3, -0.25) is 0 Å². The van der Waals surface area contributed by atoms with E-state index in [1.807, 2.05) is 6.20 Å². The molecular formula is C12H16N2O. The van der Waals surface area contributed by atoms with Crippen LogP contribution in [0.15, 0.2) is 6.20 Å². The monoisotopic (exact) mass is 204 g/mol. The zero-order chi connectivity index (χ0) is 10.3. The summed E-state index contributed by atoms with van der Waals surface area (Å²) in [4.78, 5) is 15.5. The summed E-state index contributed by atoms with van der Waals surface area (Å²) in [6.07, 6.45) is 9.02. The van der Waals surface area contributed by atoms with Crippen molar-refractivity contribution in [1.82, 2.24) is 9.55 Å². The van der Waals surface area contributed by atoms with Gasteiger partial charge in [-0.05, 0) is 25.7 Å². The summed E-state index contributed by atoms with van der Waals surface area (Å²) in [6, 6.07) is 0. The minimum Gasteiger partial charge on any atom is -0.331 e. The minimum absolute atomic E-state index is 0.0973. The van der Waals surface area contributed by atoms with Crippen LogP contribution in [0.25, 0.3) is 0 Å². The predicted molar refractivity (Wildman–Crippen MR) is 56.9 cm³/mol. The topological polar surface area (TPSA) is 34.9 Å². The van der Waals surface area contributed by atoms with Crippen molar-refractivity contribution >= 4 is 6.29 Å². The Labute approximate surface area is 89.5 Å². The Hall–Kier alpha value is -1.12. The maximum Gasteiger partial charge on any atom is 0.129 e. The van der Waals surface area contributed by atoms with E-state index >= 15 is 0 Å². The zero-order valence-corrected chi connectivity index (χ0v) is 8.85. The first-order valence-corrected chi connectivity index (χ1v) is 5.91. The standard InChI is InChI=1S/C12H16N2O/c15-8-10-5-2-6-14-11(10)7-13-12(14)9-3-1-4-9/h7-10H,1-6H2. The van der Waals surface area contributed by atoms with Crippen LogP contribution in [0.2, 0.25) is 0 Å². The molecule has 0 radical (unpaired) electrons. The molecule has 0 saturated heterocycles.